The van der Waals surface area contributed by atoms with Gasteiger partial charge in [-0.15, -0.1) is 24.8 Å². The second-order valence-electron chi connectivity index (χ2n) is 5.53. The standard InChI is InChI=1S/C16H19N3O2.2ClH/c1-11-2-4-12(5-3-11)15-14(18-10-21-15)16(20)19-8-6-13(17)7-9-19;;/h2-5,10,13H,6-9,17H2,1H3;2*1H. The van der Waals surface area contributed by atoms with Crippen molar-refractivity contribution in [3.05, 3.63) is 41.9 Å². The van der Waals surface area contributed by atoms with Gasteiger partial charge >= 0.3 is 0 Å². The summed E-state index contributed by atoms with van der Waals surface area (Å²) >= 11 is 0. The number of likely N-dealkylation sites (tertiary alicyclic amines) is 1. The Balaban J connectivity index is 0.00000132. The summed E-state index contributed by atoms with van der Waals surface area (Å²) in [4.78, 5) is 18.5. The summed E-state index contributed by atoms with van der Waals surface area (Å²) in [6.45, 7) is 3.38. The highest BCUT2D eigenvalue weighted by atomic mass is 35.5. The van der Waals surface area contributed by atoms with Crippen LogP contribution in [0.1, 0.15) is 28.9 Å². The molecule has 1 amide bonds. The molecule has 0 atom stereocenters. The van der Waals surface area contributed by atoms with Crippen molar-refractivity contribution in [1.82, 2.24) is 9.88 Å². The third-order valence-corrected chi connectivity index (χ3v) is 3.91. The predicted octanol–water partition coefficient (Wildman–Crippen LogP) is 3.06. The van der Waals surface area contributed by atoms with E-state index in [4.69, 9.17) is 10.2 Å². The molecule has 0 saturated carbocycles. The Morgan fingerprint density at radius 2 is 1.83 bits per heavy atom. The Labute approximate surface area is 148 Å². The molecule has 23 heavy (non-hydrogen) atoms. The number of carbonyl (C=O) groups excluding carboxylic acids is 1. The van der Waals surface area contributed by atoms with Crippen molar-refractivity contribution in [3.8, 4) is 11.3 Å². The topological polar surface area (TPSA) is 72.4 Å². The first-order valence-electron chi connectivity index (χ1n) is 7.20. The quantitative estimate of drug-likeness (QED) is 0.896. The largest absolute Gasteiger partial charge is 0.443 e. The zero-order valence-electron chi connectivity index (χ0n) is 12.9. The van der Waals surface area contributed by atoms with E-state index in [-0.39, 0.29) is 36.8 Å². The van der Waals surface area contributed by atoms with Crippen molar-refractivity contribution in [2.45, 2.75) is 25.8 Å². The number of piperidine rings is 1. The van der Waals surface area contributed by atoms with Gasteiger partial charge in [0.15, 0.2) is 17.8 Å². The van der Waals surface area contributed by atoms with Crippen LogP contribution in [-0.4, -0.2) is 34.9 Å². The average Bonchev–Trinajstić information content (AvgIpc) is 2.97. The van der Waals surface area contributed by atoms with Crippen LogP contribution in [0.2, 0.25) is 0 Å². The molecule has 7 heteroatoms. The second-order valence-corrected chi connectivity index (χ2v) is 5.53. The van der Waals surface area contributed by atoms with Crippen molar-refractivity contribution in [3.63, 3.8) is 0 Å². The molecule has 1 saturated heterocycles. The number of oxazole rings is 1. The minimum absolute atomic E-state index is 0. The van der Waals surface area contributed by atoms with Crippen LogP contribution in [-0.2, 0) is 0 Å². The maximum Gasteiger partial charge on any atom is 0.276 e. The lowest BCUT2D eigenvalue weighted by Gasteiger charge is -2.29. The summed E-state index contributed by atoms with van der Waals surface area (Å²) in [5.41, 5.74) is 8.30. The van der Waals surface area contributed by atoms with Gasteiger partial charge in [-0.05, 0) is 19.8 Å². The van der Waals surface area contributed by atoms with Crippen LogP contribution in [0.3, 0.4) is 0 Å². The number of rotatable bonds is 2. The summed E-state index contributed by atoms with van der Waals surface area (Å²) in [6.07, 6.45) is 3.00. The minimum atomic E-state index is -0.0776. The molecule has 2 N–H and O–H groups in total. The first kappa shape index (κ1) is 19.5. The van der Waals surface area contributed by atoms with Crippen molar-refractivity contribution in [2.24, 2.45) is 5.73 Å². The lowest BCUT2D eigenvalue weighted by Crippen LogP contribution is -2.43. The molecule has 0 unspecified atom stereocenters. The maximum absolute atomic E-state index is 12.6. The molecule has 1 aliphatic heterocycles. The number of carbonyl (C=O) groups is 1. The Bertz CT molecular complexity index is 635. The highest BCUT2D eigenvalue weighted by molar-refractivity contribution is 5.97. The molecule has 0 spiro atoms. The summed E-state index contributed by atoms with van der Waals surface area (Å²) in [5.74, 6) is 0.459. The van der Waals surface area contributed by atoms with Gasteiger partial charge < -0.3 is 15.1 Å². The zero-order valence-corrected chi connectivity index (χ0v) is 14.5. The second kappa shape index (κ2) is 8.34. The van der Waals surface area contributed by atoms with Crippen LogP contribution in [0.25, 0.3) is 11.3 Å². The van der Waals surface area contributed by atoms with Crippen LogP contribution in [0, 0.1) is 6.92 Å². The summed E-state index contributed by atoms with van der Waals surface area (Å²) in [6, 6.07) is 8.07. The lowest BCUT2D eigenvalue weighted by atomic mass is 10.0. The number of nitrogens with zero attached hydrogens (tertiary/aromatic N) is 2. The van der Waals surface area contributed by atoms with E-state index < -0.39 is 0 Å². The number of aromatic nitrogens is 1. The van der Waals surface area contributed by atoms with E-state index in [9.17, 15) is 4.79 Å². The Kier molecular flexibility index (Phi) is 7.06. The highest BCUT2D eigenvalue weighted by Crippen LogP contribution is 2.25. The van der Waals surface area contributed by atoms with E-state index in [1.165, 1.54) is 6.39 Å². The summed E-state index contributed by atoms with van der Waals surface area (Å²) < 4.78 is 5.44. The van der Waals surface area contributed by atoms with Gasteiger partial charge in [0.05, 0.1) is 0 Å². The van der Waals surface area contributed by atoms with Crippen molar-refractivity contribution in [1.29, 1.82) is 0 Å². The SMILES string of the molecule is Cc1ccc(-c2ocnc2C(=O)N2CCC(N)CC2)cc1.Cl.Cl. The van der Waals surface area contributed by atoms with E-state index in [2.05, 4.69) is 4.98 Å². The normalized spacial score (nSPS) is 14.8. The number of amides is 1. The molecule has 0 aliphatic carbocycles. The summed E-state index contributed by atoms with van der Waals surface area (Å²) in [5, 5.41) is 0. The van der Waals surface area contributed by atoms with Gasteiger partial charge in [-0.25, -0.2) is 4.98 Å². The smallest absolute Gasteiger partial charge is 0.276 e. The third kappa shape index (κ3) is 4.25. The molecule has 126 valence electrons. The van der Waals surface area contributed by atoms with Gasteiger partial charge in [0.2, 0.25) is 0 Å². The van der Waals surface area contributed by atoms with E-state index in [1.54, 1.807) is 4.90 Å². The zero-order chi connectivity index (χ0) is 14.8. The maximum atomic E-state index is 12.6. The van der Waals surface area contributed by atoms with Crippen molar-refractivity contribution in [2.75, 3.05) is 13.1 Å². The number of aryl methyl sites for hydroxylation is 1. The van der Waals surface area contributed by atoms with Gasteiger partial charge in [0.25, 0.3) is 5.91 Å². The van der Waals surface area contributed by atoms with Gasteiger partial charge in [0.1, 0.15) is 0 Å². The van der Waals surface area contributed by atoms with E-state index in [1.807, 2.05) is 31.2 Å². The summed E-state index contributed by atoms with van der Waals surface area (Å²) in [7, 11) is 0. The van der Waals surface area contributed by atoms with Crippen molar-refractivity contribution >= 4 is 30.7 Å². The van der Waals surface area contributed by atoms with E-state index in [0.29, 0.717) is 24.5 Å². The predicted molar refractivity (Wildman–Crippen MR) is 94.3 cm³/mol. The molecule has 0 bridgehead atoms. The number of halogens is 2. The lowest BCUT2D eigenvalue weighted by molar-refractivity contribution is 0.0710. The molecule has 0 radical (unpaired) electrons. The number of hydrogen-bond donors (Lipinski definition) is 1. The van der Waals surface area contributed by atoms with E-state index in [0.717, 1.165) is 24.0 Å². The molecule has 5 nitrogen and oxygen atoms in total. The molecule has 1 fully saturated rings. The molecule has 2 heterocycles. The Morgan fingerprint density at radius 3 is 2.43 bits per heavy atom. The van der Waals surface area contributed by atoms with Gasteiger partial charge in [-0.1, -0.05) is 29.8 Å². The Morgan fingerprint density at radius 1 is 1.22 bits per heavy atom. The van der Waals surface area contributed by atoms with Gasteiger partial charge in [0, 0.05) is 24.7 Å². The fourth-order valence-electron chi connectivity index (χ4n) is 2.56. The first-order chi connectivity index (χ1) is 10.1. The fourth-order valence-corrected chi connectivity index (χ4v) is 2.56. The van der Waals surface area contributed by atoms with Crippen LogP contribution in [0.5, 0.6) is 0 Å². The third-order valence-electron chi connectivity index (χ3n) is 3.91. The minimum Gasteiger partial charge on any atom is -0.443 e. The molecular weight excluding hydrogens is 337 g/mol. The van der Waals surface area contributed by atoms with Crippen LogP contribution in [0.15, 0.2) is 35.1 Å². The van der Waals surface area contributed by atoms with Crippen LogP contribution in [0.4, 0.5) is 0 Å². The van der Waals surface area contributed by atoms with Gasteiger partial charge in [-0.2, -0.15) is 0 Å². The number of benzene rings is 1. The molecule has 1 aromatic heterocycles. The van der Waals surface area contributed by atoms with Crippen molar-refractivity contribution < 1.29 is 9.21 Å². The van der Waals surface area contributed by atoms with E-state index >= 15 is 0 Å². The Hall–Kier alpha value is -1.56. The molecule has 3 rings (SSSR count). The first-order valence-corrected chi connectivity index (χ1v) is 7.20. The fraction of sp³-hybridized carbons (Fsp3) is 0.375. The number of nitrogens with two attached hydrogens (primary N) is 1. The monoisotopic (exact) mass is 357 g/mol. The van der Waals surface area contributed by atoms with Crippen LogP contribution < -0.4 is 5.73 Å². The molecule has 2 aromatic rings. The number of hydrogen-bond acceptors (Lipinski definition) is 4. The molecular formula is C16H21Cl2N3O2. The molecule has 1 aromatic carbocycles. The molecule has 1 aliphatic rings. The van der Waals surface area contributed by atoms with Crippen LogP contribution >= 0.6 is 24.8 Å². The van der Waals surface area contributed by atoms with Gasteiger partial charge in [-0.3, -0.25) is 4.79 Å². The average molecular weight is 358 g/mol. The highest BCUT2D eigenvalue weighted by Gasteiger charge is 2.26.